The molecule has 0 fully saturated rings. The summed E-state index contributed by atoms with van der Waals surface area (Å²) in [4.78, 5) is 14.7. The van der Waals surface area contributed by atoms with E-state index in [2.05, 4.69) is 24.1 Å². The Kier molecular flexibility index (Phi) is 5.64. The van der Waals surface area contributed by atoms with Gasteiger partial charge in [0.15, 0.2) is 5.76 Å². The monoisotopic (exact) mass is 368 g/mol. The molecular formula is C21H21ClN2O2. The predicted molar refractivity (Wildman–Crippen MR) is 107 cm³/mol. The van der Waals surface area contributed by atoms with Crippen LogP contribution >= 0.6 is 11.6 Å². The molecule has 0 unspecified atom stereocenters. The lowest BCUT2D eigenvalue weighted by Crippen LogP contribution is -2.21. The average molecular weight is 369 g/mol. The highest BCUT2D eigenvalue weighted by atomic mass is 35.5. The van der Waals surface area contributed by atoms with E-state index in [1.807, 2.05) is 42.5 Å². The van der Waals surface area contributed by atoms with Crippen LogP contribution in [0.5, 0.6) is 0 Å². The van der Waals surface area contributed by atoms with Gasteiger partial charge in [-0.25, -0.2) is 0 Å². The molecule has 1 aromatic heterocycles. The molecule has 0 aliphatic carbocycles. The van der Waals surface area contributed by atoms with Crippen LogP contribution in [0, 0.1) is 0 Å². The van der Waals surface area contributed by atoms with Crippen molar-refractivity contribution in [2.75, 3.05) is 23.3 Å². The largest absolute Gasteiger partial charge is 0.451 e. The number of carbonyl (C=O) groups is 1. The van der Waals surface area contributed by atoms with Gasteiger partial charge in [-0.1, -0.05) is 23.7 Å². The second kappa shape index (κ2) is 8.11. The highest BCUT2D eigenvalue weighted by molar-refractivity contribution is 6.33. The number of hydrogen-bond donors (Lipinski definition) is 1. The van der Waals surface area contributed by atoms with Crippen molar-refractivity contribution >= 4 is 28.9 Å². The fraction of sp³-hybridized carbons (Fsp3) is 0.190. The second-order valence-electron chi connectivity index (χ2n) is 5.82. The van der Waals surface area contributed by atoms with Crippen LogP contribution in [-0.4, -0.2) is 19.0 Å². The number of rotatable bonds is 6. The number of nitrogens with zero attached hydrogens (tertiary/aromatic N) is 1. The van der Waals surface area contributed by atoms with Crippen molar-refractivity contribution in [2.24, 2.45) is 0 Å². The van der Waals surface area contributed by atoms with Crippen LogP contribution in [0.3, 0.4) is 0 Å². The van der Waals surface area contributed by atoms with Gasteiger partial charge in [0, 0.05) is 30.0 Å². The number of amides is 1. The Morgan fingerprint density at radius 3 is 2.35 bits per heavy atom. The van der Waals surface area contributed by atoms with E-state index in [0.717, 1.165) is 30.0 Å². The quantitative estimate of drug-likeness (QED) is 0.607. The molecule has 4 nitrogen and oxygen atoms in total. The van der Waals surface area contributed by atoms with Crippen LogP contribution in [0.2, 0.25) is 5.02 Å². The minimum absolute atomic E-state index is 0.243. The maximum atomic E-state index is 12.4. The molecule has 0 spiro atoms. The van der Waals surface area contributed by atoms with Crippen molar-refractivity contribution in [1.29, 1.82) is 0 Å². The first-order valence-corrected chi connectivity index (χ1v) is 9.01. The lowest BCUT2D eigenvalue weighted by molar-refractivity contribution is 0.0997. The zero-order chi connectivity index (χ0) is 18.5. The number of furan rings is 1. The van der Waals surface area contributed by atoms with E-state index in [1.165, 1.54) is 0 Å². The number of hydrogen-bond acceptors (Lipinski definition) is 3. The Morgan fingerprint density at radius 1 is 1.00 bits per heavy atom. The summed E-state index contributed by atoms with van der Waals surface area (Å²) < 4.78 is 5.68. The zero-order valence-corrected chi connectivity index (χ0v) is 15.6. The van der Waals surface area contributed by atoms with Crippen LogP contribution in [0.4, 0.5) is 11.4 Å². The van der Waals surface area contributed by atoms with E-state index >= 15 is 0 Å². The lowest BCUT2D eigenvalue weighted by Gasteiger charge is -2.21. The molecule has 1 N–H and O–H groups in total. The van der Waals surface area contributed by atoms with Gasteiger partial charge >= 0.3 is 0 Å². The highest BCUT2D eigenvalue weighted by Gasteiger charge is 2.14. The molecule has 0 radical (unpaired) electrons. The Balaban J connectivity index is 1.72. The van der Waals surface area contributed by atoms with Crippen molar-refractivity contribution in [3.05, 3.63) is 71.4 Å². The number of halogens is 1. The Labute approximate surface area is 158 Å². The topological polar surface area (TPSA) is 45.5 Å². The van der Waals surface area contributed by atoms with Crippen LogP contribution in [0.25, 0.3) is 11.3 Å². The van der Waals surface area contributed by atoms with Gasteiger partial charge in [0.05, 0.1) is 5.02 Å². The van der Waals surface area contributed by atoms with E-state index in [4.69, 9.17) is 16.0 Å². The minimum atomic E-state index is -0.293. The maximum Gasteiger partial charge on any atom is 0.291 e. The number of nitrogens with one attached hydrogen (secondary N) is 1. The van der Waals surface area contributed by atoms with Gasteiger partial charge in [0.25, 0.3) is 5.91 Å². The number of carbonyl (C=O) groups excluding carboxylic acids is 1. The highest BCUT2D eigenvalue weighted by Crippen LogP contribution is 2.29. The minimum Gasteiger partial charge on any atom is -0.451 e. The average Bonchev–Trinajstić information content (AvgIpc) is 3.14. The van der Waals surface area contributed by atoms with Crippen LogP contribution in [-0.2, 0) is 0 Å². The molecule has 3 aromatic rings. The third-order valence-electron chi connectivity index (χ3n) is 4.22. The van der Waals surface area contributed by atoms with Gasteiger partial charge in [0.2, 0.25) is 0 Å². The maximum absolute atomic E-state index is 12.4. The van der Waals surface area contributed by atoms with Crippen LogP contribution in [0.1, 0.15) is 24.4 Å². The fourth-order valence-electron chi connectivity index (χ4n) is 2.80. The summed E-state index contributed by atoms with van der Waals surface area (Å²) in [5.41, 5.74) is 2.62. The summed E-state index contributed by atoms with van der Waals surface area (Å²) in [7, 11) is 0. The summed E-state index contributed by atoms with van der Waals surface area (Å²) in [5.74, 6) is 0.518. The van der Waals surface area contributed by atoms with Gasteiger partial charge in [-0.05, 0) is 62.4 Å². The van der Waals surface area contributed by atoms with Crippen LogP contribution in [0.15, 0.2) is 65.1 Å². The molecule has 1 amide bonds. The third kappa shape index (κ3) is 3.92. The molecule has 2 aromatic carbocycles. The molecule has 134 valence electrons. The first-order chi connectivity index (χ1) is 12.6. The van der Waals surface area contributed by atoms with E-state index in [-0.39, 0.29) is 11.7 Å². The van der Waals surface area contributed by atoms with E-state index in [1.54, 1.807) is 18.2 Å². The molecule has 0 saturated heterocycles. The summed E-state index contributed by atoms with van der Waals surface area (Å²) in [6, 6.07) is 18.6. The molecular weight excluding hydrogens is 348 g/mol. The SMILES string of the molecule is CCN(CC)c1ccc(NC(=O)c2ccc(-c3ccccc3Cl)o2)cc1. The molecule has 0 bridgehead atoms. The smallest absolute Gasteiger partial charge is 0.291 e. The Bertz CT molecular complexity index is 883. The second-order valence-corrected chi connectivity index (χ2v) is 6.22. The first kappa shape index (κ1) is 18.1. The van der Waals surface area contributed by atoms with E-state index in [9.17, 15) is 4.79 Å². The predicted octanol–water partition coefficient (Wildman–Crippen LogP) is 5.70. The van der Waals surface area contributed by atoms with Crippen molar-refractivity contribution in [3.63, 3.8) is 0 Å². The van der Waals surface area contributed by atoms with E-state index in [0.29, 0.717) is 10.8 Å². The summed E-state index contributed by atoms with van der Waals surface area (Å²) in [5, 5.41) is 3.44. The Morgan fingerprint density at radius 2 is 1.69 bits per heavy atom. The molecule has 0 aliphatic heterocycles. The van der Waals surface area contributed by atoms with Crippen molar-refractivity contribution < 1.29 is 9.21 Å². The molecule has 0 atom stereocenters. The molecule has 5 heteroatoms. The molecule has 0 saturated carbocycles. The van der Waals surface area contributed by atoms with Gasteiger partial charge in [-0.2, -0.15) is 0 Å². The number of benzene rings is 2. The van der Waals surface area contributed by atoms with Crippen molar-refractivity contribution in [3.8, 4) is 11.3 Å². The van der Waals surface area contributed by atoms with Crippen molar-refractivity contribution in [1.82, 2.24) is 0 Å². The zero-order valence-electron chi connectivity index (χ0n) is 14.8. The summed E-state index contributed by atoms with van der Waals surface area (Å²) in [6.45, 7) is 6.12. The van der Waals surface area contributed by atoms with E-state index < -0.39 is 0 Å². The molecule has 26 heavy (non-hydrogen) atoms. The standard InChI is InChI=1S/C21H21ClN2O2/c1-3-24(4-2)16-11-9-15(10-12-16)23-21(25)20-14-13-19(26-20)17-7-5-6-8-18(17)22/h5-14H,3-4H2,1-2H3,(H,23,25). The molecule has 3 rings (SSSR count). The Hall–Kier alpha value is -2.72. The number of anilines is 2. The van der Waals surface area contributed by atoms with Crippen LogP contribution < -0.4 is 10.2 Å². The summed E-state index contributed by atoms with van der Waals surface area (Å²) in [6.07, 6.45) is 0. The third-order valence-corrected chi connectivity index (χ3v) is 4.55. The van der Waals surface area contributed by atoms with Gasteiger partial charge in [-0.3, -0.25) is 4.79 Å². The molecule has 0 aliphatic rings. The molecule has 1 heterocycles. The normalized spacial score (nSPS) is 10.6. The van der Waals surface area contributed by atoms with Gasteiger partial charge < -0.3 is 14.6 Å². The summed E-state index contributed by atoms with van der Waals surface area (Å²) >= 11 is 6.18. The fourth-order valence-corrected chi connectivity index (χ4v) is 3.03. The van der Waals surface area contributed by atoms with Gasteiger partial charge in [-0.15, -0.1) is 0 Å². The lowest BCUT2D eigenvalue weighted by atomic mass is 10.2. The van der Waals surface area contributed by atoms with Gasteiger partial charge in [0.1, 0.15) is 5.76 Å². The van der Waals surface area contributed by atoms with Crippen molar-refractivity contribution in [2.45, 2.75) is 13.8 Å². The first-order valence-electron chi connectivity index (χ1n) is 8.63.